The van der Waals surface area contributed by atoms with E-state index in [4.69, 9.17) is 9.15 Å². The number of methoxy groups -OCH3 is 1. The van der Waals surface area contributed by atoms with Crippen molar-refractivity contribution in [1.29, 1.82) is 0 Å². The second-order valence-electron chi connectivity index (χ2n) is 5.74. The van der Waals surface area contributed by atoms with Crippen LogP contribution in [0, 0.1) is 0 Å². The largest absolute Gasteiger partial charge is 0.497 e. The predicted molar refractivity (Wildman–Crippen MR) is 93.0 cm³/mol. The van der Waals surface area contributed by atoms with Gasteiger partial charge in [-0.25, -0.2) is 0 Å². The molecule has 2 N–H and O–H groups in total. The van der Waals surface area contributed by atoms with Crippen molar-refractivity contribution in [3.8, 4) is 5.75 Å². The zero-order valence-corrected chi connectivity index (χ0v) is 14.6. The minimum Gasteiger partial charge on any atom is -0.497 e. The fourth-order valence-corrected chi connectivity index (χ4v) is 2.29. The highest BCUT2D eigenvalue weighted by molar-refractivity contribution is 6.35. The molecule has 0 radical (unpaired) electrons. The first kappa shape index (κ1) is 18.5. The molecule has 2 aromatic rings. The van der Waals surface area contributed by atoms with E-state index in [1.165, 1.54) is 0 Å². The Morgan fingerprint density at radius 3 is 2.36 bits per heavy atom. The maximum absolute atomic E-state index is 12.0. The van der Waals surface area contributed by atoms with E-state index in [0.29, 0.717) is 0 Å². The Bertz CT molecular complexity index is 681. The summed E-state index contributed by atoms with van der Waals surface area (Å²) < 4.78 is 10.4. The molecule has 7 heteroatoms. The molecule has 1 aromatic carbocycles. The molecule has 1 heterocycles. The summed E-state index contributed by atoms with van der Waals surface area (Å²) in [6, 6.07) is 10.7. The number of benzene rings is 1. The van der Waals surface area contributed by atoms with Crippen molar-refractivity contribution >= 4 is 11.8 Å². The minimum atomic E-state index is -0.674. The number of ether oxygens (including phenoxy) is 1. The molecule has 0 saturated carbocycles. The zero-order valence-electron chi connectivity index (χ0n) is 14.6. The number of likely N-dealkylation sites (N-methyl/N-ethyl adjacent to an activating group) is 1. The molecule has 0 spiro atoms. The molecule has 2 rings (SSSR count). The highest BCUT2D eigenvalue weighted by Gasteiger charge is 2.20. The maximum Gasteiger partial charge on any atom is 0.309 e. The molecule has 0 aliphatic rings. The molecule has 1 unspecified atom stereocenters. The number of carbonyl (C=O) groups excluding carboxylic acids is 2. The first-order valence-corrected chi connectivity index (χ1v) is 7.90. The van der Waals surface area contributed by atoms with Crippen LogP contribution in [-0.2, 0) is 16.1 Å². The Balaban J connectivity index is 1.82. The number of furan rings is 1. The molecule has 2 amide bonds. The summed E-state index contributed by atoms with van der Waals surface area (Å²) in [6.45, 7) is 0.543. The Morgan fingerprint density at radius 1 is 1.12 bits per heavy atom. The van der Waals surface area contributed by atoms with E-state index in [1.807, 2.05) is 37.2 Å². The van der Waals surface area contributed by atoms with Gasteiger partial charge in [-0.1, -0.05) is 12.1 Å². The number of hydrogen-bond donors (Lipinski definition) is 2. The highest BCUT2D eigenvalue weighted by Crippen LogP contribution is 2.17. The van der Waals surface area contributed by atoms with E-state index in [-0.39, 0.29) is 19.1 Å². The quantitative estimate of drug-likeness (QED) is 0.740. The number of rotatable bonds is 7. The van der Waals surface area contributed by atoms with Crippen molar-refractivity contribution in [2.45, 2.75) is 12.6 Å². The summed E-state index contributed by atoms with van der Waals surface area (Å²) in [5.41, 5.74) is 0.878. The number of nitrogens with one attached hydrogen (secondary N) is 2. The third kappa shape index (κ3) is 5.36. The van der Waals surface area contributed by atoms with Gasteiger partial charge < -0.3 is 19.8 Å². The van der Waals surface area contributed by atoms with Gasteiger partial charge in [0.2, 0.25) is 0 Å². The Kier molecular flexibility index (Phi) is 6.59. The van der Waals surface area contributed by atoms with Gasteiger partial charge in [0.05, 0.1) is 19.4 Å². The molecule has 25 heavy (non-hydrogen) atoms. The summed E-state index contributed by atoms with van der Waals surface area (Å²) in [5, 5.41) is 5.23. The fraction of sp³-hybridized carbons (Fsp3) is 0.333. The number of carbonyl (C=O) groups is 2. The molecule has 7 nitrogen and oxygen atoms in total. The van der Waals surface area contributed by atoms with E-state index >= 15 is 0 Å². The van der Waals surface area contributed by atoms with Gasteiger partial charge in [-0.05, 0) is 43.9 Å². The van der Waals surface area contributed by atoms with Crippen LogP contribution in [0.25, 0.3) is 0 Å². The third-order valence-electron chi connectivity index (χ3n) is 3.77. The molecule has 134 valence electrons. The van der Waals surface area contributed by atoms with E-state index in [9.17, 15) is 9.59 Å². The van der Waals surface area contributed by atoms with Crippen LogP contribution < -0.4 is 15.4 Å². The standard InChI is InChI=1S/C18H23N3O4/c1-21(2)15(16-5-4-10-25-16)12-20-18(23)17(22)19-11-13-6-8-14(24-3)9-7-13/h4-10,15H,11-12H2,1-3H3,(H,19,22)(H,20,23). The normalized spacial score (nSPS) is 11.8. The van der Waals surface area contributed by atoms with Crippen LogP contribution >= 0.6 is 0 Å². The van der Waals surface area contributed by atoms with Gasteiger partial charge >= 0.3 is 11.8 Å². The van der Waals surface area contributed by atoms with Gasteiger partial charge in [-0.2, -0.15) is 0 Å². The van der Waals surface area contributed by atoms with Crippen molar-refractivity contribution in [3.63, 3.8) is 0 Å². The first-order valence-electron chi connectivity index (χ1n) is 7.90. The summed E-state index contributed by atoms with van der Waals surface area (Å²) in [5.74, 6) is 0.115. The van der Waals surface area contributed by atoms with E-state index in [2.05, 4.69) is 10.6 Å². The minimum absolute atomic E-state index is 0.145. The Labute approximate surface area is 146 Å². The molecule has 0 aliphatic carbocycles. The van der Waals surface area contributed by atoms with Gasteiger partial charge in [0, 0.05) is 13.1 Å². The summed E-state index contributed by atoms with van der Waals surface area (Å²) in [6.07, 6.45) is 1.58. The molecule has 0 bridgehead atoms. The molecule has 0 fully saturated rings. The van der Waals surface area contributed by atoms with E-state index in [0.717, 1.165) is 17.1 Å². The van der Waals surface area contributed by atoms with E-state index in [1.54, 1.807) is 31.6 Å². The lowest BCUT2D eigenvalue weighted by atomic mass is 10.2. The topological polar surface area (TPSA) is 83.8 Å². The monoisotopic (exact) mass is 345 g/mol. The van der Waals surface area contributed by atoms with Crippen LogP contribution in [0.2, 0.25) is 0 Å². The van der Waals surface area contributed by atoms with Gasteiger partial charge in [-0.15, -0.1) is 0 Å². The number of amides is 2. The summed E-state index contributed by atoms with van der Waals surface area (Å²) >= 11 is 0. The second kappa shape index (κ2) is 8.89. The number of hydrogen-bond acceptors (Lipinski definition) is 5. The molecule has 1 aromatic heterocycles. The number of nitrogens with zero attached hydrogens (tertiary/aromatic N) is 1. The Morgan fingerprint density at radius 2 is 1.80 bits per heavy atom. The molecular weight excluding hydrogens is 322 g/mol. The van der Waals surface area contributed by atoms with Gasteiger partial charge in [0.25, 0.3) is 0 Å². The zero-order chi connectivity index (χ0) is 18.2. The first-order chi connectivity index (χ1) is 12.0. The fourth-order valence-electron chi connectivity index (χ4n) is 2.29. The third-order valence-corrected chi connectivity index (χ3v) is 3.77. The summed E-state index contributed by atoms with van der Waals surface area (Å²) in [7, 11) is 5.34. The van der Waals surface area contributed by atoms with Gasteiger partial charge in [0.1, 0.15) is 11.5 Å². The van der Waals surface area contributed by atoms with Crippen LogP contribution in [0.4, 0.5) is 0 Å². The van der Waals surface area contributed by atoms with Crippen molar-refractivity contribution < 1.29 is 18.7 Å². The lowest BCUT2D eigenvalue weighted by Gasteiger charge is -2.22. The average molecular weight is 345 g/mol. The summed E-state index contributed by atoms with van der Waals surface area (Å²) in [4.78, 5) is 25.8. The second-order valence-corrected chi connectivity index (χ2v) is 5.74. The van der Waals surface area contributed by atoms with Crippen molar-refractivity contribution in [2.75, 3.05) is 27.7 Å². The van der Waals surface area contributed by atoms with Gasteiger partial charge in [-0.3, -0.25) is 14.5 Å². The molecular formula is C18H23N3O4. The molecule has 1 atom stereocenters. The highest BCUT2D eigenvalue weighted by atomic mass is 16.5. The smallest absolute Gasteiger partial charge is 0.309 e. The predicted octanol–water partition coefficient (Wildman–Crippen LogP) is 1.32. The van der Waals surface area contributed by atoms with Gasteiger partial charge in [0.15, 0.2) is 0 Å². The van der Waals surface area contributed by atoms with E-state index < -0.39 is 11.8 Å². The average Bonchev–Trinajstić information content (AvgIpc) is 3.14. The molecule has 0 aliphatic heterocycles. The SMILES string of the molecule is COc1ccc(CNC(=O)C(=O)NCC(c2ccco2)N(C)C)cc1. The molecule has 0 saturated heterocycles. The van der Waals surface area contributed by atoms with Crippen LogP contribution in [0.5, 0.6) is 5.75 Å². The Hall–Kier alpha value is -2.80. The van der Waals surface area contributed by atoms with Crippen LogP contribution in [0.1, 0.15) is 17.4 Å². The van der Waals surface area contributed by atoms with Crippen LogP contribution in [0.3, 0.4) is 0 Å². The van der Waals surface area contributed by atoms with Crippen molar-refractivity contribution in [3.05, 3.63) is 54.0 Å². The van der Waals surface area contributed by atoms with Crippen molar-refractivity contribution in [2.24, 2.45) is 0 Å². The van der Waals surface area contributed by atoms with Crippen LogP contribution in [-0.4, -0.2) is 44.5 Å². The van der Waals surface area contributed by atoms with Crippen molar-refractivity contribution in [1.82, 2.24) is 15.5 Å². The maximum atomic E-state index is 12.0. The van der Waals surface area contributed by atoms with Crippen LogP contribution in [0.15, 0.2) is 47.1 Å². The lowest BCUT2D eigenvalue weighted by molar-refractivity contribution is -0.139. The lowest BCUT2D eigenvalue weighted by Crippen LogP contribution is -2.42.